The molecule has 1 amide bonds. The Hall–Kier alpha value is -4.60. The molecular formula is C29H24F3N3O4. The van der Waals surface area contributed by atoms with Crippen molar-refractivity contribution in [2.45, 2.75) is 25.2 Å². The highest BCUT2D eigenvalue weighted by Crippen LogP contribution is 2.31. The van der Waals surface area contributed by atoms with Crippen molar-refractivity contribution in [1.82, 2.24) is 14.5 Å². The number of nitrogens with zero attached hydrogens (tertiary/aromatic N) is 3. The summed E-state index contributed by atoms with van der Waals surface area (Å²) in [6.45, 7) is 0.373. The monoisotopic (exact) mass is 535 g/mol. The molecule has 0 saturated carbocycles. The van der Waals surface area contributed by atoms with Gasteiger partial charge in [0, 0.05) is 31.9 Å². The number of piperidine rings is 1. The zero-order valence-corrected chi connectivity index (χ0v) is 20.9. The number of carbonyl (C=O) groups is 2. The molecule has 2 heterocycles. The Labute approximate surface area is 222 Å². The maximum atomic E-state index is 13.7. The molecule has 3 aromatic carbocycles. The Morgan fingerprint density at radius 3 is 2.67 bits per heavy atom. The number of amides is 1. The number of imidazole rings is 1. The molecular weight excluding hydrogens is 511 g/mol. The molecule has 10 heteroatoms. The average Bonchev–Trinajstić information content (AvgIpc) is 3.46. The fourth-order valence-electron chi connectivity index (χ4n) is 4.69. The minimum atomic E-state index is -5.18. The predicted molar refractivity (Wildman–Crippen MR) is 138 cm³/mol. The largest absolute Gasteiger partial charge is 0.495 e. The van der Waals surface area contributed by atoms with Crippen LogP contribution in [0.3, 0.4) is 0 Å². The van der Waals surface area contributed by atoms with Gasteiger partial charge in [-0.15, -0.1) is 0 Å². The van der Waals surface area contributed by atoms with Crippen LogP contribution in [0.25, 0.3) is 22.5 Å². The third-order valence-electron chi connectivity index (χ3n) is 6.57. The number of hydrogen-bond acceptors (Lipinski definition) is 5. The number of methoxy groups -OCH3 is 1. The number of carbonyl (C=O) groups excluding carboxylic acids is 2. The molecule has 1 aromatic heterocycles. The normalized spacial score (nSPS) is 17.0. The molecule has 0 radical (unpaired) electrons. The number of benzene rings is 3. The van der Waals surface area contributed by atoms with E-state index in [9.17, 15) is 22.8 Å². The van der Waals surface area contributed by atoms with E-state index in [0.717, 1.165) is 16.3 Å². The number of rotatable bonds is 6. The van der Waals surface area contributed by atoms with Crippen LogP contribution in [0, 0.1) is 0 Å². The molecule has 5 rings (SSSR count). The topological polar surface area (TPSA) is 73.7 Å². The van der Waals surface area contributed by atoms with Crippen molar-refractivity contribution < 1.29 is 32.2 Å². The van der Waals surface area contributed by atoms with Crippen molar-refractivity contribution >= 4 is 28.7 Å². The van der Waals surface area contributed by atoms with E-state index in [1.54, 1.807) is 46.4 Å². The second-order valence-electron chi connectivity index (χ2n) is 9.05. The fourth-order valence-corrected chi connectivity index (χ4v) is 4.69. The lowest BCUT2D eigenvalue weighted by Gasteiger charge is -2.34. The second-order valence-corrected chi connectivity index (χ2v) is 9.05. The van der Waals surface area contributed by atoms with Gasteiger partial charge >= 0.3 is 12.1 Å². The Balaban J connectivity index is 1.50. The van der Waals surface area contributed by atoms with Crippen LogP contribution in [-0.4, -0.2) is 52.3 Å². The molecule has 0 bridgehead atoms. The van der Waals surface area contributed by atoms with Crippen molar-refractivity contribution in [3.63, 3.8) is 0 Å². The van der Waals surface area contributed by atoms with E-state index < -0.39 is 24.2 Å². The maximum Gasteiger partial charge on any atom is 0.490 e. The Kier molecular flexibility index (Phi) is 7.10. The smallest absolute Gasteiger partial charge is 0.490 e. The van der Waals surface area contributed by atoms with Crippen molar-refractivity contribution in [2.24, 2.45) is 0 Å². The lowest BCUT2D eigenvalue weighted by molar-refractivity contribution is -0.204. The zero-order valence-electron chi connectivity index (χ0n) is 20.9. The van der Waals surface area contributed by atoms with Gasteiger partial charge in [0.1, 0.15) is 11.9 Å². The minimum absolute atomic E-state index is 0.0222. The van der Waals surface area contributed by atoms with Gasteiger partial charge in [-0.2, -0.15) is 13.2 Å². The van der Waals surface area contributed by atoms with Crippen molar-refractivity contribution in [2.75, 3.05) is 13.7 Å². The summed E-state index contributed by atoms with van der Waals surface area (Å²) in [5.74, 6) is -2.38. The number of ether oxygens (including phenoxy) is 2. The van der Waals surface area contributed by atoms with Gasteiger partial charge in [0.25, 0.3) is 5.91 Å². The number of likely N-dealkylation sites (tertiary alicyclic amines) is 1. The standard InChI is InChI=1S/C29H24F3N3O4/c1-38-26-16-19(9-10-24(26)35-14-12-33-18-35)15-23-25(39-28(37)29(30,31)32)11-13-34(27(23)36)17-21-7-4-6-20-5-2-3-8-22(20)21/h2-10,12,14-16,18,25H,11,13,17H2,1H3/b23-15-. The van der Waals surface area contributed by atoms with E-state index in [1.165, 1.54) is 13.2 Å². The second kappa shape index (κ2) is 10.6. The van der Waals surface area contributed by atoms with E-state index in [4.69, 9.17) is 9.47 Å². The van der Waals surface area contributed by atoms with Crippen molar-refractivity contribution in [1.29, 1.82) is 0 Å². The summed E-state index contributed by atoms with van der Waals surface area (Å²) in [6, 6.07) is 18.6. The molecule has 1 aliphatic rings. The number of esters is 1. The highest BCUT2D eigenvalue weighted by atomic mass is 19.4. The summed E-state index contributed by atoms with van der Waals surface area (Å²) in [5.41, 5.74) is 2.04. The van der Waals surface area contributed by atoms with Gasteiger partial charge < -0.3 is 18.9 Å². The van der Waals surface area contributed by atoms with Crippen LogP contribution in [0.15, 0.2) is 85.0 Å². The molecule has 4 aromatic rings. The first-order chi connectivity index (χ1) is 18.7. The molecule has 1 saturated heterocycles. The molecule has 1 fully saturated rings. The first kappa shape index (κ1) is 26.0. The van der Waals surface area contributed by atoms with Gasteiger partial charge in [-0.3, -0.25) is 4.79 Å². The molecule has 7 nitrogen and oxygen atoms in total. The highest BCUT2D eigenvalue weighted by Gasteiger charge is 2.44. The summed E-state index contributed by atoms with van der Waals surface area (Å²) in [7, 11) is 1.48. The Bertz CT molecular complexity index is 1540. The first-order valence-corrected chi connectivity index (χ1v) is 12.2. The molecule has 200 valence electrons. The highest BCUT2D eigenvalue weighted by molar-refractivity contribution is 6.00. The molecule has 0 spiro atoms. The van der Waals surface area contributed by atoms with E-state index >= 15 is 0 Å². The van der Waals surface area contributed by atoms with Crippen molar-refractivity contribution in [3.8, 4) is 11.4 Å². The molecule has 0 aliphatic carbocycles. The van der Waals surface area contributed by atoms with Gasteiger partial charge in [0.2, 0.25) is 0 Å². The van der Waals surface area contributed by atoms with Gasteiger partial charge in [-0.1, -0.05) is 48.5 Å². The van der Waals surface area contributed by atoms with Gasteiger partial charge in [0.15, 0.2) is 0 Å². The summed E-state index contributed by atoms with van der Waals surface area (Å²) in [5, 5.41) is 1.99. The number of hydrogen-bond donors (Lipinski definition) is 0. The van der Waals surface area contributed by atoms with E-state index in [2.05, 4.69) is 4.98 Å². The van der Waals surface area contributed by atoms with Gasteiger partial charge in [0.05, 0.1) is 24.7 Å². The van der Waals surface area contributed by atoms with Crippen molar-refractivity contribution in [3.05, 3.63) is 96.1 Å². The molecule has 0 N–H and O–H groups in total. The maximum absolute atomic E-state index is 13.7. The Morgan fingerprint density at radius 1 is 1.13 bits per heavy atom. The lowest BCUT2D eigenvalue weighted by Crippen LogP contribution is -2.45. The van der Waals surface area contributed by atoms with E-state index in [0.29, 0.717) is 17.0 Å². The number of alkyl halides is 3. The van der Waals surface area contributed by atoms with Crippen LogP contribution in [0.1, 0.15) is 17.5 Å². The predicted octanol–water partition coefficient (Wildman–Crippen LogP) is 5.32. The van der Waals surface area contributed by atoms with Gasteiger partial charge in [-0.25, -0.2) is 9.78 Å². The molecule has 1 unspecified atom stereocenters. The lowest BCUT2D eigenvalue weighted by atomic mass is 9.96. The molecule has 39 heavy (non-hydrogen) atoms. The summed E-state index contributed by atoms with van der Waals surface area (Å²) in [4.78, 5) is 30.9. The van der Waals surface area contributed by atoms with Crippen LogP contribution in [0.4, 0.5) is 13.2 Å². The number of fused-ring (bicyclic) bond motifs is 1. The Morgan fingerprint density at radius 2 is 1.92 bits per heavy atom. The fraction of sp³-hybridized carbons (Fsp3) is 0.207. The summed E-state index contributed by atoms with van der Waals surface area (Å²) < 4.78 is 51.1. The van der Waals surface area contributed by atoms with Crippen LogP contribution < -0.4 is 4.74 Å². The number of aromatic nitrogens is 2. The molecule has 1 atom stereocenters. The molecule has 1 aliphatic heterocycles. The minimum Gasteiger partial charge on any atom is -0.495 e. The van der Waals surface area contributed by atoms with Crippen LogP contribution in [-0.2, 0) is 20.9 Å². The zero-order chi connectivity index (χ0) is 27.6. The third kappa shape index (κ3) is 5.50. The average molecular weight is 536 g/mol. The third-order valence-corrected chi connectivity index (χ3v) is 6.57. The van der Waals surface area contributed by atoms with E-state index in [-0.39, 0.29) is 25.1 Å². The quantitative estimate of drug-likeness (QED) is 0.247. The SMILES string of the molecule is COc1cc(/C=C2\C(=O)N(Cc3cccc4ccccc34)CCC2OC(=O)C(F)(F)F)ccc1-n1ccnc1. The van der Waals surface area contributed by atoms with Gasteiger partial charge in [-0.05, 0) is 40.1 Å². The van der Waals surface area contributed by atoms with Crippen LogP contribution in [0.5, 0.6) is 5.75 Å². The van der Waals surface area contributed by atoms with Crippen LogP contribution in [0.2, 0.25) is 0 Å². The summed E-state index contributed by atoms with van der Waals surface area (Å²) >= 11 is 0. The van der Waals surface area contributed by atoms with E-state index in [1.807, 2.05) is 42.5 Å². The summed E-state index contributed by atoms with van der Waals surface area (Å²) in [6.07, 6.45) is -0.115. The van der Waals surface area contributed by atoms with Crippen LogP contribution >= 0.6 is 0 Å². The number of halogens is 3. The first-order valence-electron chi connectivity index (χ1n) is 12.2.